The van der Waals surface area contributed by atoms with Crippen LogP contribution in [0.2, 0.25) is 0 Å². The van der Waals surface area contributed by atoms with Crippen molar-refractivity contribution in [2.75, 3.05) is 11.9 Å². The molecule has 1 aromatic carbocycles. The van der Waals surface area contributed by atoms with Crippen LogP contribution in [0.1, 0.15) is 43.5 Å². The summed E-state index contributed by atoms with van der Waals surface area (Å²) in [7, 11) is 0. The van der Waals surface area contributed by atoms with Crippen molar-refractivity contribution in [1.29, 1.82) is 0 Å². The van der Waals surface area contributed by atoms with Crippen LogP contribution in [0.25, 0.3) is 11.4 Å². The van der Waals surface area contributed by atoms with Crippen LogP contribution in [0.15, 0.2) is 18.2 Å². The molecule has 2 aromatic rings. The first-order valence-corrected chi connectivity index (χ1v) is 7.32. The Bertz CT molecular complexity index is 630. The first-order chi connectivity index (χ1) is 9.92. The maximum atomic E-state index is 13.6. The van der Waals surface area contributed by atoms with Gasteiger partial charge in [0.25, 0.3) is 0 Å². The van der Waals surface area contributed by atoms with Crippen LogP contribution in [-0.2, 0) is 0 Å². The molecular weight excluding hydrogens is 265 g/mol. The van der Waals surface area contributed by atoms with Gasteiger partial charge in [0.1, 0.15) is 11.6 Å². The first kappa shape index (κ1) is 15.4. The van der Waals surface area contributed by atoms with Crippen LogP contribution >= 0.6 is 0 Å². The van der Waals surface area contributed by atoms with Crippen molar-refractivity contribution in [3.63, 3.8) is 0 Å². The number of nitrogens with zero attached hydrogens (tertiary/aromatic N) is 2. The highest BCUT2D eigenvalue weighted by molar-refractivity contribution is 5.61. The summed E-state index contributed by atoms with van der Waals surface area (Å²) in [6, 6.07) is 4.89. The summed E-state index contributed by atoms with van der Waals surface area (Å²) in [5, 5.41) is 3.29. The standard InChI is InChI=1S/C17H22FN3/c1-6-19-17-15(10(2)3)12(5)20-16(21-17)13-7-11(4)8-14(18)9-13/h7-10H,6H2,1-5H3,(H,19,20,21). The molecule has 0 bridgehead atoms. The molecule has 1 aromatic heterocycles. The zero-order valence-electron chi connectivity index (χ0n) is 13.3. The van der Waals surface area contributed by atoms with Crippen LogP contribution in [0.5, 0.6) is 0 Å². The summed E-state index contributed by atoms with van der Waals surface area (Å²) in [4.78, 5) is 9.18. The molecule has 112 valence electrons. The molecule has 4 heteroatoms. The van der Waals surface area contributed by atoms with E-state index in [1.165, 1.54) is 12.1 Å². The van der Waals surface area contributed by atoms with Gasteiger partial charge in [-0.1, -0.05) is 13.8 Å². The summed E-state index contributed by atoms with van der Waals surface area (Å²) in [5.41, 5.74) is 3.64. The van der Waals surface area contributed by atoms with Crippen LogP contribution in [0.4, 0.5) is 10.2 Å². The second-order valence-corrected chi connectivity index (χ2v) is 5.60. The lowest BCUT2D eigenvalue weighted by Gasteiger charge is -2.16. The van der Waals surface area contributed by atoms with Crippen molar-refractivity contribution in [2.45, 2.75) is 40.5 Å². The first-order valence-electron chi connectivity index (χ1n) is 7.32. The third-order valence-electron chi connectivity index (χ3n) is 3.36. The molecule has 0 spiro atoms. The molecule has 1 N–H and O–H groups in total. The molecule has 0 aliphatic carbocycles. The number of benzene rings is 1. The van der Waals surface area contributed by atoms with Gasteiger partial charge in [-0.25, -0.2) is 14.4 Å². The highest BCUT2D eigenvalue weighted by Gasteiger charge is 2.15. The number of anilines is 1. The maximum absolute atomic E-state index is 13.6. The smallest absolute Gasteiger partial charge is 0.161 e. The monoisotopic (exact) mass is 287 g/mol. The number of nitrogens with one attached hydrogen (secondary N) is 1. The third kappa shape index (κ3) is 3.38. The maximum Gasteiger partial charge on any atom is 0.161 e. The van der Waals surface area contributed by atoms with Crippen LogP contribution in [0.3, 0.4) is 0 Å². The summed E-state index contributed by atoms with van der Waals surface area (Å²) in [6.45, 7) is 10.9. The van der Waals surface area contributed by atoms with E-state index < -0.39 is 0 Å². The molecule has 0 radical (unpaired) electrons. The summed E-state index contributed by atoms with van der Waals surface area (Å²) in [6.07, 6.45) is 0. The molecule has 3 nitrogen and oxygen atoms in total. The Hall–Kier alpha value is -1.97. The molecule has 2 rings (SSSR count). The fourth-order valence-corrected chi connectivity index (χ4v) is 2.57. The largest absolute Gasteiger partial charge is 0.370 e. The lowest BCUT2D eigenvalue weighted by molar-refractivity contribution is 0.627. The number of rotatable bonds is 4. The Morgan fingerprint density at radius 1 is 1.14 bits per heavy atom. The van der Waals surface area contributed by atoms with Crippen molar-refractivity contribution in [2.24, 2.45) is 0 Å². The quantitative estimate of drug-likeness (QED) is 0.902. The Labute approximate surface area is 125 Å². The molecule has 0 unspecified atom stereocenters. The molecule has 21 heavy (non-hydrogen) atoms. The van der Waals surface area contributed by atoms with Crippen LogP contribution in [-0.4, -0.2) is 16.5 Å². The molecule has 0 atom stereocenters. The SMILES string of the molecule is CCNc1nc(-c2cc(C)cc(F)c2)nc(C)c1C(C)C. The molecule has 1 heterocycles. The molecule has 0 saturated carbocycles. The van der Waals surface area contributed by atoms with E-state index in [1.54, 1.807) is 0 Å². The number of aromatic nitrogens is 2. The van der Waals surface area contributed by atoms with Gasteiger partial charge in [-0.3, -0.25) is 0 Å². The van der Waals surface area contributed by atoms with Gasteiger partial charge in [-0.2, -0.15) is 0 Å². The fourth-order valence-electron chi connectivity index (χ4n) is 2.57. The molecule has 0 amide bonds. The second-order valence-electron chi connectivity index (χ2n) is 5.60. The van der Waals surface area contributed by atoms with Crippen molar-refractivity contribution in [3.8, 4) is 11.4 Å². The van der Waals surface area contributed by atoms with Gasteiger partial charge in [0.15, 0.2) is 5.82 Å². The van der Waals surface area contributed by atoms with E-state index in [0.29, 0.717) is 17.3 Å². The average molecular weight is 287 g/mol. The van der Waals surface area contributed by atoms with E-state index in [2.05, 4.69) is 29.1 Å². The molecule has 0 aliphatic rings. The van der Waals surface area contributed by atoms with E-state index in [9.17, 15) is 4.39 Å². The van der Waals surface area contributed by atoms with E-state index in [4.69, 9.17) is 0 Å². The highest BCUT2D eigenvalue weighted by atomic mass is 19.1. The normalized spacial score (nSPS) is 11.0. The van der Waals surface area contributed by atoms with Crippen LogP contribution in [0, 0.1) is 19.7 Å². The van der Waals surface area contributed by atoms with E-state index in [1.807, 2.05) is 26.8 Å². The summed E-state index contributed by atoms with van der Waals surface area (Å²) >= 11 is 0. The molecule has 0 saturated heterocycles. The summed E-state index contributed by atoms with van der Waals surface area (Å²) in [5.74, 6) is 1.49. The van der Waals surface area contributed by atoms with E-state index in [0.717, 1.165) is 29.2 Å². The Morgan fingerprint density at radius 2 is 1.86 bits per heavy atom. The lowest BCUT2D eigenvalue weighted by atomic mass is 10.0. The zero-order valence-corrected chi connectivity index (χ0v) is 13.3. The van der Waals surface area contributed by atoms with Crippen molar-refractivity contribution in [3.05, 3.63) is 40.8 Å². The third-order valence-corrected chi connectivity index (χ3v) is 3.36. The fraction of sp³-hybridized carbons (Fsp3) is 0.412. The second kappa shape index (κ2) is 6.20. The highest BCUT2D eigenvalue weighted by Crippen LogP contribution is 2.28. The van der Waals surface area contributed by atoms with Gasteiger partial charge in [-0.05, 0) is 50.5 Å². The average Bonchev–Trinajstić information content (AvgIpc) is 2.36. The number of hydrogen-bond donors (Lipinski definition) is 1. The van der Waals surface area contributed by atoms with Gasteiger partial charge in [-0.15, -0.1) is 0 Å². The zero-order chi connectivity index (χ0) is 15.6. The van der Waals surface area contributed by atoms with Gasteiger partial charge in [0, 0.05) is 23.4 Å². The van der Waals surface area contributed by atoms with Crippen molar-refractivity contribution >= 4 is 5.82 Å². The minimum Gasteiger partial charge on any atom is -0.370 e. The molecule has 0 aliphatic heterocycles. The lowest BCUT2D eigenvalue weighted by Crippen LogP contribution is -2.09. The van der Waals surface area contributed by atoms with Gasteiger partial charge >= 0.3 is 0 Å². The van der Waals surface area contributed by atoms with Gasteiger partial charge in [0.2, 0.25) is 0 Å². The van der Waals surface area contributed by atoms with Gasteiger partial charge < -0.3 is 5.32 Å². The Balaban J connectivity index is 2.60. The topological polar surface area (TPSA) is 37.8 Å². The summed E-state index contributed by atoms with van der Waals surface area (Å²) < 4.78 is 13.6. The Kier molecular flexibility index (Phi) is 4.56. The van der Waals surface area contributed by atoms with E-state index in [-0.39, 0.29) is 5.82 Å². The number of hydrogen-bond acceptors (Lipinski definition) is 3. The Morgan fingerprint density at radius 3 is 2.43 bits per heavy atom. The predicted octanol–water partition coefficient (Wildman–Crippen LogP) is 4.45. The molecule has 0 fully saturated rings. The minimum absolute atomic E-state index is 0.260. The number of aryl methyl sites for hydroxylation is 2. The predicted molar refractivity (Wildman–Crippen MR) is 85.2 cm³/mol. The minimum atomic E-state index is -0.260. The van der Waals surface area contributed by atoms with Gasteiger partial charge in [0.05, 0.1) is 0 Å². The van der Waals surface area contributed by atoms with Crippen molar-refractivity contribution in [1.82, 2.24) is 9.97 Å². The van der Waals surface area contributed by atoms with Crippen molar-refractivity contribution < 1.29 is 4.39 Å². The van der Waals surface area contributed by atoms with E-state index >= 15 is 0 Å². The molecular formula is C17H22FN3. The number of halogens is 1. The van der Waals surface area contributed by atoms with Crippen LogP contribution < -0.4 is 5.32 Å².